The number of nitrogens with zero attached hydrogens (tertiary/aromatic N) is 1. The highest BCUT2D eigenvalue weighted by atomic mass is 32.2. The molecule has 106 valence electrons. The Morgan fingerprint density at radius 2 is 1.89 bits per heavy atom. The molecule has 0 spiro atoms. The Kier molecular flexibility index (Phi) is 5.72. The zero-order valence-corrected chi connectivity index (χ0v) is 12.6. The summed E-state index contributed by atoms with van der Waals surface area (Å²) in [6.07, 6.45) is 1.60. The van der Waals surface area contributed by atoms with Crippen molar-refractivity contribution in [3.63, 3.8) is 0 Å². The van der Waals surface area contributed by atoms with Gasteiger partial charge in [0.25, 0.3) is 0 Å². The summed E-state index contributed by atoms with van der Waals surface area (Å²) in [5, 5.41) is 3.03. The molecule has 0 atom stereocenters. The van der Waals surface area contributed by atoms with Crippen LogP contribution in [0.25, 0.3) is 0 Å². The Labute approximate surface area is 116 Å². The van der Waals surface area contributed by atoms with Crippen LogP contribution < -0.4 is 5.32 Å². The maximum absolute atomic E-state index is 12.5. The first-order chi connectivity index (χ1) is 8.93. The standard InChI is InChI=1S/C14H22N2O2S/c1-5-10-16(12(2)3)19(17,18)14-8-6-13(7-9-14)11-15-4/h5-9,12,15H,1,10-11H2,2-4H3. The summed E-state index contributed by atoms with van der Waals surface area (Å²) in [5.41, 5.74) is 1.06. The van der Waals surface area contributed by atoms with Gasteiger partial charge in [-0.1, -0.05) is 18.2 Å². The van der Waals surface area contributed by atoms with E-state index in [2.05, 4.69) is 11.9 Å². The van der Waals surface area contributed by atoms with Crippen molar-refractivity contribution >= 4 is 10.0 Å². The van der Waals surface area contributed by atoms with Crippen molar-refractivity contribution in [2.45, 2.75) is 31.3 Å². The highest BCUT2D eigenvalue weighted by molar-refractivity contribution is 7.89. The molecular formula is C14H22N2O2S. The summed E-state index contributed by atoms with van der Waals surface area (Å²) >= 11 is 0. The van der Waals surface area contributed by atoms with E-state index in [1.54, 1.807) is 18.2 Å². The largest absolute Gasteiger partial charge is 0.316 e. The van der Waals surface area contributed by atoms with Crippen LogP contribution in [-0.2, 0) is 16.6 Å². The molecule has 0 unspecified atom stereocenters. The molecule has 0 saturated heterocycles. The maximum Gasteiger partial charge on any atom is 0.243 e. The lowest BCUT2D eigenvalue weighted by molar-refractivity contribution is 0.383. The summed E-state index contributed by atoms with van der Waals surface area (Å²) in [7, 11) is -1.60. The fourth-order valence-corrected chi connectivity index (χ4v) is 3.44. The average molecular weight is 282 g/mol. The minimum atomic E-state index is -3.45. The van der Waals surface area contributed by atoms with Crippen molar-refractivity contribution in [2.24, 2.45) is 0 Å². The van der Waals surface area contributed by atoms with Gasteiger partial charge in [-0.3, -0.25) is 0 Å². The molecule has 5 heteroatoms. The van der Waals surface area contributed by atoms with E-state index >= 15 is 0 Å². The monoisotopic (exact) mass is 282 g/mol. The Hall–Kier alpha value is -1.17. The van der Waals surface area contributed by atoms with Gasteiger partial charge >= 0.3 is 0 Å². The van der Waals surface area contributed by atoms with Crippen LogP contribution in [0.1, 0.15) is 19.4 Å². The van der Waals surface area contributed by atoms with E-state index in [9.17, 15) is 8.42 Å². The van der Waals surface area contributed by atoms with Gasteiger partial charge in [0.15, 0.2) is 0 Å². The van der Waals surface area contributed by atoms with Crippen molar-refractivity contribution in [1.82, 2.24) is 9.62 Å². The second kappa shape index (κ2) is 6.84. The summed E-state index contributed by atoms with van der Waals surface area (Å²) < 4.78 is 26.4. The van der Waals surface area contributed by atoms with Crippen LogP contribution in [0.15, 0.2) is 41.8 Å². The number of sulfonamides is 1. The highest BCUT2D eigenvalue weighted by Gasteiger charge is 2.25. The van der Waals surface area contributed by atoms with E-state index in [4.69, 9.17) is 0 Å². The Morgan fingerprint density at radius 1 is 1.32 bits per heavy atom. The second-order valence-electron chi connectivity index (χ2n) is 4.63. The minimum absolute atomic E-state index is 0.0972. The third-order valence-electron chi connectivity index (χ3n) is 2.80. The molecule has 1 N–H and O–H groups in total. The fraction of sp³-hybridized carbons (Fsp3) is 0.429. The third kappa shape index (κ3) is 3.89. The van der Waals surface area contributed by atoms with Gasteiger partial charge in [0.05, 0.1) is 4.90 Å². The zero-order chi connectivity index (χ0) is 14.5. The molecule has 1 aromatic carbocycles. The first-order valence-electron chi connectivity index (χ1n) is 6.29. The summed E-state index contributed by atoms with van der Waals surface area (Å²) in [6.45, 7) is 8.37. The topological polar surface area (TPSA) is 49.4 Å². The first-order valence-corrected chi connectivity index (χ1v) is 7.73. The van der Waals surface area contributed by atoms with Gasteiger partial charge < -0.3 is 5.32 Å². The van der Waals surface area contributed by atoms with Gasteiger partial charge in [0, 0.05) is 19.1 Å². The molecule has 0 heterocycles. The van der Waals surface area contributed by atoms with Crippen LogP contribution in [0.2, 0.25) is 0 Å². The molecule has 0 amide bonds. The van der Waals surface area contributed by atoms with E-state index in [1.807, 2.05) is 33.0 Å². The third-order valence-corrected chi connectivity index (χ3v) is 4.85. The number of hydrogen-bond acceptors (Lipinski definition) is 3. The van der Waals surface area contributed by atoms with E-state index in [1.165, 1.54) is 4.31 Å². The zero-order valence-electron chi connectivity index (χ0n) is 11.8. The molecule has 0 fully saturated rings. The van der Waals surface area contributed by atoms with Crippen LogP contribution in [0.5, 0.6) is 0 Å². The molecule has 19 heavy (non-hydrogen) atoms. The van der Waals surface area contributed by atoms with Crippen molar-refractivity contribution in [3.05, 3.63) is 42.5 Å². The Morgan fingerprint density at radius 3 is 2.32 bits per heavy atom. The number of nitrogens with one attached hydrogen (secondary N) is 1. The Balaban J connectivity index is 3.07. The van der Waals surface area contributed by atoms with Crippen LogP contribution in [0.4, 0.5) is 0 Å². The molecular weight excluding hydrogens is 260 g/mol. The second-order valence-corrected chi connectivity index (χ2v) is 6.52. The van der Waals surface area contributed by atoms with Gasteiger partial charge in [-0.15, -0.1) is 6.58 Å². The normalized spacial score (nSPS) is 12.1. The van der Waals surface area contributed by atoms with Crippen LogP contribution in [0.3, 0.4) is 0 Å². The molecule has 0 aliphatic heterocycles. The van der Waals surface area contributed by atoms with Gasteiger partial charge in [-0.25, -0.2) is 8.42 Å². The number of hydrogen-bond donors (Lipinski definition) is 1. The molecule has 0 radical (unpaired) electrons. The van der Waals surface area contributed by atoms with Gasteiger partial charge in [0.2, 0.25) is 10.0 Å². The van der Waals surface area contributed by atoms with Crippen LogP contribution in [0, 0.1) is 0 Å². The van der Waals surface area contributed by atoms with E-state index < -0.39 is 10.0 Å². The lowest BCUT2D eigenvalue weighted by Gasteiger charge is -2.24. The van der Waals surface area contributed by atoms with Gasteiger partial charge in [-0.2, -0.15) is 4.31 Å². The van der Waals surface area contributed by atoms with E-state index in [0.717, 1.165) is 12.1 Å². The van der Waals surface area contributed by atoms with E-state index in [-0.39, 0.29) is 6.04 Å². The molecule has 1 rings (SSSR count). The molecule has 0 bridgehead atoms. The highest BCUT2D eigenvalue weighted by Crippen LogP contribution is 2.18. The minimum Gasteiger partial charge on any atom is -0.316 e. The number of benzene rings is 1. The molecule has 1 aromatic rings. The fourth-order valence-electron chi connectivity index (χ4n) is 1.83. The van der Waals surface area contributed by atoms with Crippen LogP contribution >= 0.6 is 0 Å². The predicted octanol–water partition coefficient (Wildman–Crippen LogP) is 1.99. The Bertz CT molecular complexity index is 507. The molecule has 4 nitrogen and oxygen atoms in total. The van der Waals surface area contributed by atoms with Crippen molar-refractivity contribution in [1.29, 1.82) is 0 Å². The average Bonchev–Trinajstić information content (AvgIpc) is 2.36. The predicted molar refractivity (Wildman–Crippen MR) is 78.4 cm³/mol. The van der Waals surface area contributed by atoms with Crippen LogP contribution in [-0.4, -0.2) is 32.4 Å². The SMILES string of the molecule is C=CCN(C(C)C)S(=O)(=O)c1ccc(CNC)cc1. The van der Waals surface area contributed by atoms with E-state index in [0.29, 0.717) is 11.4 Å². The number of rotatable bonds is 7. The summed E-state index contributed by atoms with van der Waals surface area (Å²) in [5.74, 6) is 0. The van der Waals surface area contributed by atoms with Gasteiger partial charge in [-0.05, 0) is 38.6 Å². The molecule has 0 saturated carbocycles. The van der Waals surface area contributed by atoms with Crippen molar-refractivity contribution in [3.8, 4) is 0 Å². The quantitative estimate of drug-likeness (QED) is 0.778. The van der Waals surface area contributed by atoms with Crippen molar-refractivity contribution < 1.29 is 8.42 Å². The maximum atomic E-state index is 12.5. The lowest BCUT2D eigenvalue weighted by atomic mass is 10.2. The lowest BCUT2D eigenvalue weighted by Crippen LogP contribution is -2.37. The smallest absolute Gasteiger partial charge is 0.243 e. The first kappa shape index (κ1) is 15.9. The van der Waals surface area contributed by atoms with Crippen molar-refractivity contribution in [2.75, 3.05) is 13.6 Å². The summed E-state index contributed by atoms with van der Waals surface area (Å²) in [6, 6.07) is 6.87. The molecule has 0 aromatic heterocycles. The summed E-state index contributed by atoms with van der Waals surface area (Å²) in [4.78, 5) is 0.322. The molecule has 0 aliphatic rings. The molecule has 0 aliphatic carbocycles. The van der Waals surface area contributed by atoms with Gasteiger partial charge in [0.1, 0.15) is 0 Å².